The third-order valence-corrected chi connectivity index (χ3v) is 1.96. The van der Waals surface area contributed by atoms with Crippen molar-refractivity contribution < 1.29 is 9.84 Å². The van der Waals surface area contributed by atoms with Crippen molar-refractivity contribution in [2.75, 3.05) is 0 Å². The number of aliphatic hydroxyl groups is 1. The monoisotopic (exact) mass is 144 g/mol. The van der Waals surface area contributed by atoms with E-state index < -0.39 is 6.29 Å². The summed E-state index contributed by atoms with van der Waals surface area (Å²) < 4.78 is 5.18. The Morgan fingerprint density at radius 1 is 1.40 bits per heavy atom. The molecule has 0 amide bonds. The fourth-order valence-corrected chi connectivity index (χ4v) is 1.70. The predicted molar refractivity (Wildman–Crippen MR) is 39.6 cm³/mol. The van der Waals surface area contributed by atoms with E-state index in [1.807, 2.05) is 6.92 Å². The van der Waals surface area contributed by atoms with Gasteiger partial charge in [-0.25, -0.2) is 0 Å². The van der Waals surface area contributed by atoms with Gasteiger partial charge in [0.25, 0.3) is 0 Å². The smallest absolute Gasteiger partial charge is 0.155 e. The maximum Gasteiger partial charge on any atom is 0.155 e. The van der Waals surface area contributed by atoms with Gasteiger partial charge in [0.1, 0.15) is 0 Å². The van der Waals surface area contributed by atoms with Gasteiger partial charge in [-0.2, -0.15) is 0 Å². The Bertz CT molecular complexity index is 108. The molecule has 1 fully saturated rings. The summed E-state index contributed by atoms with van der Waals surface area (Å²) in [4.78, 5) is 0. The van der Waals surface area contributed by atoms with Gasteiger partial charge in [0, 0.05) is 6.42 Å². The summed E-state index contributed by atoms with van der Waals surface area (Å²) in [6, 6.07) is 0. The van der Waals surface area contributed by atoms with Crippen molar-refractivity contribution in [1.82, 2.24) is 0 Å². The summed E-state index contributed by atoms with van der Waals surface area (Å²) in [6.07, 6.45) is 1.47. The van der Waals surface area contributed by atoms with Crippen molar-refractivity contribution in [3.05, 3.63) is 0 Å². The van der Waals surface area contributed by atoms with E-state index in [4.69, 9.17) is 4.74 Å². The molecular formula is C8H16O2. The lowest BCUT2D eigenvalue weighted by molar-refractivity contribution is -0.186. The first kappa shape index (κ1) is 8.02. The van der Waals surface area contributed by atoms with Gasteiger partial charge in [-0.05, 0) is 18.8 Å². The molecule has 0 aromatic rings. The second kappa shape index (κ2) is 2.51. The molecule has 1 N–H and O–H groups in total. The van der Waals surface area contributed by atoms with Gasteiger partial charge in [0.15, 0.2) is 6.29 Å². The van der Waals surface area contributed by atoms with Gasteiger partial charge >= 0.3 is 0 Å². The molecule has 1 aliphatic heterocycles. The van der Waals surface area contributed by atoms with E-state index in [0.29, 0.717) is 0 Å². The predicted octanol–water partition coefficient (Wildman–Crippen LogP) is 1.53. The van der Waals surface area contributed by atoms with E-state index in [-0.39, 0.29) is 11.5 Å². The van der Waals surface area contributed by atoms with Crippen molar-refractivity contribution in [2.24, 2.45) is 5.41 Å². The lowest BCUT2D eigenvalue weighted by atomic mass is 9.81. The Balaban J connectivity index is 2.51. The summed E-state index contributed by atoms with van der Waals surface area (Å²) in [6.45, 7) is 6.33. The van der Waals surface area contributed by atoms with Gasteiger partial charge in [-0.3, -0.25) is 0 Å². The SMILES string of the molecule is CC1CC(C)(C)CC(O)O1. The average Bonchev–Trinajstić information content (AvgIpc) is 1.54. The first-order chi connectivity index (χ1) is 4.49. The lowest BCUT2D eigenvalue weighted by Gasteiger charge is -2.36. The lowest BCUT2D eigenvalue weighted by Crippen LogP contribution is -2.35. The van der Waals surface area contributed by atoms with E-state index >= 15 is 0 Å². The fraction of sp³-hybridized carbons (Fsp3) is 1.00. The van der Waals surface area contributed by atoms with Crippen molar-refractivity contribution >= 4 is 0 Å². The molecule has 0 spiro atoms. The van der Waals surface area contributed by atoms with Crippen LogP contribution in [0.25, 0.3) is 0 Å². The molecule has 0 saturated carbocycles. The van der Waals surface area contributed by atoms with Crippen molar-refractivity contribution in [3.63, 3.8) is 0 Å². The van der Waals surface area contributed by atoms with Crippen LogP contribution < -0.4 is 0 Å². The van der Waals surface area contributed by atoms with Gasteiger partial charge in [-0.1, -0.05) is 13.8 Å². The molecule has 0 bridgehead atoms. The number of aliphatic hydroxyl groups excluding tert-OH is 1. The van der Waals surface area contributed by atoms with Gasteiger partial charge < -0.3 is 9.84 Å². The zero-order valence-corrected chi connectivity index (χ0v) is 6.92. The Hall–Kier alpha value is -0.0800. The molecule has 2 atom stereocenters. The maximum absolute atomic E-state index is 9.19. The summed E-state index contributed by atoms with van der Waals surface area (Å²) in [5, 5.41) is 9.19. The van der Waals surface area contributed by atoms with Crippen molar-refractivity contribution in [3.8, 4) is 0 Å². The normalized spacial score (nSPS) is 39.6. The molecular weight excluding hydrogens is 128 g/mol. The highest BCUT2D eigenvalue weighted by Crippen LogP contribution is 2.34. The molecule has 0 radical (unpaired) electrons. The van der Waals surface area contributed by atoms with Gasteiger partial charge in [0.05, 0.1) is 6.10 Å². The van der Waals surface area contributed by atoms with E-state index in [1.165, 1.54) is 0 Å². The standard InChI is InChI=1S/C8H16O2/c1-6-4-8(2,3)5-7(9)10-6/h6-7,9H,4-5H2,1-3H3. The summed E-state index contributed by atoms with van der Waals surface area (Å²) in [7, 11) is 0. The van der Waals surface area contributed by atoms with Crippen molar-refractivity contribution in [2.45, 2.75) is 46.0 Å². The summed E-state index contributed by atoms with van der Waals surface area (Å²) in [5.74, 6) is 0. The van der Waals surface area contributed by atoms with Crippen LogP contribution in [0.1, 0.15) is 33.6 Å². The van der Waals surface area contributed by atoms with Crippen molar-refractivity contribution in [1.29, 1.82) is 0 Å². The molecule has 0 aromatic carbocycles. The highest BCUT2D eigenvalue weighted by Gasteiger charge is 2.31. The molecule has 2 nitrogen and oxygen atoms in total. The van der Waals surface area contributed by atoms with Crippen LogP contribution in [0.3, 0.4) is 0 Å². The molecule has 1 aliphatic rings. The van der Waals surface area contributed by atoms with E-state index in [1.54, 1.807) is 0 Å². The molecule has 10 heavy (non-hydrogen) atoms. The molecule has 0 aliphatic carbocycles. The van der Waals surface area contributed by atoms with Gasteiger partial charge in [0.2, 0.25) is 0 Å². The van der Waals surface area contributed by atoms with Crippen LogP contribution in [0.4, 0.5) is 0 Å². The summed E-state index contributed by atoms with van der Waals surface area (Å²) >= 11 is 0. The van der Waals surface area contributed by atoms with Crippen LogP contribution in [0.15, 0.2) is 0 Å². The summed E-state index contributed by atoms with van der Waals surface area (Å²) in [5.41, 5.74) is 0.247. The molecule has 1 rings (SSSR count). The Kier molecular flexibility index (Phi) is 2.02. The van der Waals surface area contributed by atoms with Crippen LogP contribution in [-0.2, 0) is 4.74 Å². The fourth-order valence-electron chi connectivity index (χ4n) is 1.70. The first-order valence-corrected chi connectivity index (χ1v) is 3.83. The molecule has 0 aromatic heterocycles. The zero-order chi connectivity index (χ0) is 7.78. The Morgan fingerprint density at radius 3 is 2.40 bits per heavy atom. The molecule has 60 valence electrons. The highest BCUT2D eigenvalue weighted by atomic mass is 16.6. The first-order valence-electron chi connectivity index (χ1n) is 3.83. The molecule has 2 unspecified atom stereocenters. The minimum absolute atomic E-state index is 0.207. The minimum atomic E-state index is -0.543. The van der Waals surface area contributed by atoms with Crippen LogP contribution in [-0.4, -0.2) is 17.5 Å². The van der Waals surface area contributed by atoms with E-state index in [9.17, 15) is 5.11 Å². The molecule has 2 heteroatoms. The number of ether oxygens (including phenoxy) is 1. The second-order valence-corrected chi connectivity index (χ2v) is 3.97. The van der Waals surface area contributed by atoms with E-state index in [0.717, 1.165) is 12.8 Å². The number of rotatable bonds is 0. The van der Waals surface area contributed by atoms with Crippen LogP contribution in [0.2, 0.25) is 0 Å². The Morgan fingerprint density at radius 2 is 2.00 bits per heavy atom. The second-order valence-electron chi connectivity index (χ2n) is 3.97. The quantitative estimate of drug-likeness (QED) is 0.558. The zero-order valence-electron chi connectivity index (χ0n) is 6.92. The van der Waals surface area contributed by atoms with Crippen LogP contribution >= 0.6 is 0 Å². The molecule has 1 saturated heterocycles. The van der Waals surface area contributed by atoms with Gasteiger partial charge in [-0.15, -0.1) is 0 Å². The van der Waals surface area contributed by atoms with Crippen LogP contribution in [0.5, 0.6) is 0 Å². The Labute approximate surface area is 62.2 Å². The average molecular weight is 144 g/mol. The van der Waals surface area contributed by atoms with E-state index in [2.05, 4.69) is 13.8 Å². The maximum atomic E-state index is 9.19. The molecule has 1 heterocycles. The topological polar surface area (TPSA) is 29.5 Å². The third kappa shape index (κ3) is 1.96. The largest absolute Gasteiger partial charge is 0.368 e. The number of hydrogen-bond donors (Lipinski definition) is 1. The van der Waals surface area contributed by atoms with Crippen LogP contribution in [0, 0.1) is 5.41 Å². The minimum Gasteiger partial charge on any atom is -0.368 e. The number of hydrogen-bond acceptors (Lipinski definition) is 2. The third-order valence-electron chi connectivity index (χ3n) is 1.96. The highest BCUT2D eigenvalue weighted by molar-refractivity contribution is 4.77.